The van der Waals surface area contributed by atoms with Gasteiger partial charge in [-0.25, -0.2) is 9.36 Å². The lowest BCUT2D eigenvalue weighted by Crippen LogP contribution is -2.40. The fraction of sp³-hybridized carbons (Fsp3) is 0.500. The van der Waals surface area contributed by atoms with E-state index in [0.29, 0.717) is 29.2 Å². The molecule has 1 N–H and O–H groups in total. The Morgan fingerprint density at radius 3 is 2.69 bits per heavy atom. The van der Waals surface area contributed by atoms with Crippen LogP contribution in [0.3, 0.4) is 0 Å². The zero-order chi connectivity index (χ0) is 22.7. The second-order valence-corrected chi connectivity index (χ2v) is 8.69. The van der Waals surface area contributed by atoms with Gasteiger partial charge in [0.15, 0.2) is 0 Å². The van der Waals surface area contributed by atoms with E-state index in [-0.39, 0.29) is 18.0 Å². The van der Waals surface area contributed by atoms with Crippen LogP contribution >= 0.6 is 0 Å². The Bertz CT molecular complexity index is 1150. The summed E-state index contributed by atoms with van der Waals surface area (Å²) in [6, 6.07) is 10.3. The normalized spacial score (nSPS) is 17.0. The van der Waals surface area contributed by atoms with Gasteiger partial charge in [0.05, 0.1) is 22.5 Å². The molecule has 3 aromatic rings. The predicted molar refractivity (Wildman–Crippen MR) is 125 cm³/mol. The van der Waals surface area contributed by atoms with Gasteiger partial charge in [0.1, 0.15) is 12.1 Å². The SMILES string of the molecule is Cc1nn(CC(=O)NCCCN2CCCC[C@H]2C)c(=O)c2c(C)n(-c3ccccc3)nc12. The molecule has 0 spiro atoms. The summed E-state index contributed by atoms with van der Waals surface area (Å²) in [5.74, 6) is -0.196. The van der Waals surface area contributed by atoms with E-state index in [9.17, 15) is 9.59 Å². The van der Waals surface area contributed by atoms with Crippen LogP contribution in [0.4, 0.5) is 0 Å². The molecule has 3 heterocycles. The molecule has 170 valence electrons. The molecular weight excluding hydrogens is 404 g/mol. The molecule has 1 fully saturated rings. The maximum absolute atomic E-state index is 13.1. The lowest BCUT2D eigenvalue weighted by Gasteiger charge is -2.33. The van der Waals surface area contributed by atoms with E-state index in [2.05, 4.69) is 27.3 Å². The van der Waals surface area contributed by atoms with E-state index >= 15 is 0 Å². The number of nitrogens with zero attached hydrogens (tertiary/aromatic N) is 5. The molecule has 1 aliphatic rings. The summed E-state index contributed by atoms with van der Waals surface area (Å²) in [5.41, 5.74) is 2.54. The number of para-hydroxylation sites is 1. The standard InChI is InChI=1S/C24H32N6O2/c1-17-10-7-8-14-28(17)15-9-13-25-21(31)16-29-24(32)22-19(3)30(20-11-5-4-6-12-20)27-23(22)18(2)26-29/h4-6,11-12,17H,7-10,13-16H2,1-3H3,(H,25,31)/t17-/m1/s1. The Hall–Kier alpha value is -3.00. The first-order valence-electron chi connectivity index (χ1n) is 11.5. The molecule has 0 aliphatic carbocycles. The van der Waals surface area contributed by atoms with Gasteiger partial charge in [0.2, 0.25) is 5.91 Å². The third-order valence-electron chi connectivity index (χ3n) is 6.36. The highest BCUT2D eigenvalue weighted by molar-refractivity contribution is 5.83. The topological polar surface area (TPSA) is 85.0 Å². The predicted octanol–water partition coefficient (Wildman–Crippen LogP) is 2.58. The third-order valence-corrected chi connectivity index (χ3v) is 6.36. The summed E-state index contributed by atoms with van der Waals surface area (Å²) in [6.45, 7) is 8.60. The first-order chi connectivity index (χ1) is 15.5. The summed E-state index contributed by atoms with van der Waals surface area (Å²) in [5, 5.41) is 12.4. The maximum Gasteiger partial charge on any atom is 0.278 e. The lowest BCUT2D eigenvalue weighted by molar-refractivity contribution is -0.121. The summed E-state index contributed by atoms with van der Waals surface area (Å²) in [7, 11) is 0. The number of rotatable bonds is 7. The number of nitrogens with one attached hydrogen (secondary N) is 1. The summed E-state index contributed by atoms with van der Waals surface area (Å²) in [4.78, 5) is 28.1. The quantitative estimate of drug-likeness (QED) is 0.576. The van der Waals surface area contributed by atoms with Crippen LogP contribution < -0.4 is 10.9 Å². The Morgan fingerprint density at radius 2 is 1.94 bits per heavy atom. The number of aryl methyl sites for hydroxylation is 2. The van der Waals surface area contributed by atoms with Crippen LogP contribution in [0.5, 0.6) is 0 Å². The summed E-state index contributed by atoms with van der Waals surface area (Å²) in [6.07, 6.45) is 4.72. The maximum atomic E-state index is 13.1. The highest BCUT2D eigenvalue weighted by Crippen LogP contribution is 2.20. The molecule has 8 nitrogen and oxygen atoms in total. The van der Waals surface area contributed by atoms with Crippen LogP contribution in [-0.2, 0) is 11.3 Å². The number of aromatic nitrogens is 4. The van der Waals surface area contributed by atoms with Crippen molar-refractivity contribution in [3.63, 3.8) is 0 Å². The molecule has 1 amide bonds. The van der Waals surface area contributed by atoms with Gasteiger partial charge in [0.25, 0.3) is 5.56 Å². The van der Waals surface area contributed by atoms with Gasteiger partial charge in [-0.1, -0.05) is 24.6 Å². The van der Waals surface area contributed by atoms with Crippen molar-refractivity contribution in [1.82, 2.24) is 29.8 Å². The van der Waals surface area contributed by atoms with E-state index in [1.165, 1.54) is 23.9 Å². The van der Waals surface area contributed by atoms with Crippen molar-refractivity contribution < 1.29 is 4.79 Å². The van der Waals surface area contributed by atoms with Gasteiger partial charge >= 0.3 is 0 Å². The second-order valence-electron chi connectivity index (χ2n) is 8.69. The number of carbonyl (C=O) groups is 1. The van der Waals surface area contributed by atoms with Crippen LogP contribution in [0.1, 0.15) is 44.0 Å². The van der Waals surface area contributed by atoms with Gasteiger partial charge in [-0.3, -0.25) is 9.59 Å². The Kier molecular flexibility index (Phi) is 6.69. The largest absolute Gasteiger partial charge is 0.354 e. The third kappa shape index (κ3) is 4.60. The fourth-order valence-electron chi connectivity index (χ4n) is 4.53. The van der Waals surface area contributed by atoms with Crippen molar-refractivity contribution in [3.05, 3.63) is 52.1 Å². The van der Waals surface area contributed by atoms with E-state index in [4.69, 9.17) is 0 Å². The first kappa shape index (κ1) is 22.2. The molecule has 2 aromatic heterocycles. The van der Waals surface area contributed by atoms with Gasteiger partial charge in [0, 0.05) is 19.1 Å². The summed E-state index contributed by atoms with van der Waals surface area (Å²) < 4.78 is 3.01. The highest BCUT2D eigenvalue weighted by atomic mass is 16.2. The molecule has 0 saturated carbocycles. The van der Waals surface area contributed by atoms with Crippen molar-refractivity contribution >= 4 is 16.8 Å². The smallest absolute Gasteiger partial charge is 0.278 e. The zero-order valence-corrected chi connectivity index (χ0v) is 19.2. The number of piperidine rings is 1. The van der Waals surface area contributed by atoms with Gasteiger partial charge < -0.3 is 10.2 Å². The van der Waals surface area contributed by atoms with E-state index in [1.807, 2.05) is 44.2 Å². The number of amides is 1. The molecule has 0 bridgehead atoms. The minimum Gasteiger partial charge on any atom is -0.354 e. The number of fused-ring (bicyclic) bond motifs is 1. The Morgan fingerprint density at radius 1 is 1.16 bits per heavy atom. The molecule has 32 heavy (non-hydrogen) atoms. The van der Waals surface area contributed by atoms with Crippen LogP contribution in [-0.4, -0.2) is 56.0 Å². The molecule has 1 atom stereocenters. The van der Waals surface area contributed by atoms with Crippen molar-refractivity contribution in [1.29, 1.82) is 0 Å². The van der Waals surface area contributed by atoms with Crippen molar-refractivity contribution in [2.75, 3.05) is 19.6 Å². The average molecular weight is 437 g/mol. The van der Waals surface area contributed by atoms with Gasteiger partial charge in [-0.15, -0.1) is 0 Å². The monoisotopic (exact) mass is 436 g/mol. The number of hydrogen-bond donors (Lipinski definition) is 1. The van der Waals surface area contributed by atoms with E-state index in [1.54, 1.807) is 4.68 Å². The van der Waals surface area contributed by atoms with Crippen molar-refractivity contribution in [3.8, 4) is 5.69 Å². The Balaban J connectivity index is 1.44. The van der Waals surface area contributed by atoms with Crippen LogP contribution in [0.25, 0.3) is 16.6 Å². The Labute approximate surface area is 188 Å². The average Bonchev–Trinajstić information content (AvgIpc) is 3.14. The zero-order valence-electron chi connectivity index (χ0n) is 19.2. The summed E-state index contributed by atoms with van der Waals surface area (Å²) >= 11 is 0. The number of likely N-dealkylation sites (tertiary alicyclic amines) is 1. The molecule has 1 aromatic carbocycles. The van der Waals surface area contributed by atoms with Crippen molar-refractivity contribution in [2.45, 2.75) is 59.0 Å². The van der Waals surface area contributed by atoms with Crippen LogP contribution in [0.15, 0.2) is 35.1 Å². The minimum absolute atomic E-state index is 0.0916. The van der Waals surface area contributed by atoms with Crippen LogP contribution in [0.2, 0.25) is 0 Å². The molecule has 4 rings (SSSR count). The molecule has 0 radical (unpaired) electrons. The fourth-order valence-corrected chi connectivity index (χ4v) is 4.53. The molecule has 0 unspecified atom stereocenters. The van der Waals surface area contributed by atoms with Crippen molar-refractivity contribution in [2.24, 2.45) is 0 Å². The molecule has 8 heteroatoms. The lowest BCUT2D eigenvalue weighted by atomic mass is 10.0. The molecule has 1 saturated heterocycles. The minimum atomic E-state index is -0.289. The first-order valence-corrected chi connectivity index (χ1v) is 11.5. The number of benzene rings is 1. The second kappa shape index (κ2) is 9.65. The van der Waals surface area contributed by atoms with Gasteiger partial charge in [-0.2, -0.15) is 10.2 Å². The highest BCUT2D eigenvalue weighted by Gasteiger charge is 2.19. The van der Waals surface area contributed by atoms with E-state index < -0.39 is 0 Å². The molecule has 1 aliphatic heterocycles. The molecular formula is C24H32N6O2. The van der Waals surface area contributed by atoms with E-state index in [0.717, 1.165) is 30.9 Å². The number of carbonyl (C=O) groups excluding carboxylic acids is 1. The van der Waals surface area contributed by atoms with Gasteiger partial charge in [-0.05, 0) is 58.7 Å². The number of hydrogen-bond acceptors (Lipinski definition) is 5. The van der Waals surface area contributed by atoms with Crippen LogP contribution in [0, 0.1) is 13.8 Å².